The number of para-hydroxylation sites is 1. The number of hydrogen-bond donors (Lipinski definition) is 3. The van der Waals surface area contributed by atoms with Crippen LogP contribution in [0.25, 0.3) is 0 Å². The SMILES string of the molecule is CP(C)(=O)c1ccccc1Nc1nc(Nc2ccc3c(c2)CNCC3)ncc1Cl. The minimum atomic E-state index is -2.46. The fraction of sp³-hybridized carbons (Fsp3) is 0.238. The van der Waals surface area contributed by atoms with Crippen molar-refractivity contribution >= 4 is 47.2 Å². The van der Waals surface area contributed by atoms with Crippen molar-refractivity contribution in [2.75, 3.05) is 30.5 Å². The number of hydrogen-bond acceptors (Lipinski definition) is 6. The number of rotatable bonds is 5. The van der Waals surface area contributed by atoms with Crippen LogP contribution in [0.2, 0.25) is 5.02 Å². The predicted molar refractivity (Wildman–Crippen MR) is 121 cm³/mol. The largest absolute Gasteiger partial charge is 0.338 e. The van der Waals surface area contributed by atoms with Crippen LogP contribution < -0.4 is 21.3 Å². The number of benzene rings is 2. The number of fused-ring (bicyclic) bond motifs is 1. The van der Waals surface area contributed by atoms with Gasteiger partial charge in [-0.1, -0.05) is 29.8 Å². The molecular weight excluding hydrogens is 405 g/mol. The van der Waals surface area contributed by atoms with Crippen molar-refractivity contribution < 1.29 is 4.57 Å². The Morgan fingerprint density at radius 3 is 2.76 bits per heavy atom. The monoisotopic (exact) mass is 427 g/mol. The first kappa shape index (κ1) is 19.9. The third kappa shape index (κ3) is 4.61. The van der Waals surface area contributed by atoms with E-state index in [1.54, 1.807) is 19.5 Å². The molecular formula is C21H23ClN5OP. The molecule has 2 heterocycles. The zero-order valence-electron chi connectivity index (χ0n) is 16.4. The first-order chi connectivity index (χ1) is 13.9. The lowest BCUT2D eigenvalue weighted by Crippen LogP contribution is -2.23. The smallest absolute Gasteiger partial charge is 0.229 e. The maximum absolute atomic E-state index is 12.6. The highest BCUT2D eigenvalue weighted by molar-refractivity contribution is 7.70. The van der Waals surface area contributed by atoms with Crippen molar-refractivity contribution in [1.29, 1.82) is 0 Å². The highest BCUT2D eigenvalue weighted by Gasteiger charge is 2.17. The third-order valence-electron chi connectivity index (χ3n) is 4.83. The molecule has 0 saturated heterocycles. The van der Waals surface area contributed by atoms with Gasteiger partial charge in [0, 0.05) is 17.5 Å². The summed E-state index contributed by atoms with van der Waals surface area (Å²) in [5.41, 5.74) is 4.30. The van der Waals surface area contributed by atoms with Crippen LogP contribution in [0, 0.1) is 0 Å². The summed E-state index contributed by atoms with van der Waals surface area (Å²) in [5.74, 6) is 0.902. The molecule has 8 heteroatoms. The summed E-state index contributed by atoms with van der Waals surface area (Å²) in [4.78, 5) is 8.82. The number of anilines is 4. The first-order valence-corrected chi connectivity index (χ1v) is 12.4. The van der Waals surface area contributed by atoms with Crippen LogP contribution >= 0.6 is 18.7 Å². The Kier molecular flexibility index (Phi) is 5.59. The van der Waals surface area contributed by atoms with Crippen LogP contribution in [0.5, 0.6) is 0 Å². The van der Waals surface area contributed by atoms with Gasteiger partial charge in [-0.2, -0.15) is 4.98 Å². The summed E-state index contributed by atoms with van der Waals surface area (Å²) >= 11 is 6.32. The van der Waals surface area contributed by atoms with E-state index in [2.05, 4.69) is 38.1 Å². The van der Waals surface area contributed by atoms with E-state index in [-0.39, 0.29) is 0 Å². The van der Waals surface area contributed by atoms with Gasteiger partial charge in [0.15, 0.2) is 5.82 Å². The van der Waals surface area contributed by atoms with Gasteiger partial charge < -0.3 is 20.5 Å². The summed E-state index contributed by atoms with van der Waals surface area (Å²) in [5, 5.41) is 11.0. The van der Waals surface area contributed by atoms with Gasteiger partial charge in [0.05, 0.1) is 11.9 Å². The van der Waals surface area contributed by atoms with E-state index in [0.717, 1.165) is 36.2 Å². The standard InChI is InChI=1S/C21H23ClN5OP/c1-29(2,28)19-6-4-3-5-18(19)26-20-17(22)13-24-21(27-20)25-16-8-7-14-9-10-23-12-15(14)11-16/h3-8,11,13,23H,9-10,12H2,1-2H3,(H2,24,25,26,27). The molecule has 0 fully saturated rings. The van der Waals surface area contributed by atoms with E-state index in [0.29, 0.717) is 16.8 Å². The minimum Gasteiger partial charge on any atom is -0.338 e. The van der Waals surface area contributed by atoms with Gasteiger partial charge in [0.2, 0.25) is 5.95 Å². The molecule has 0 bridgehead atoms. The summed E-state index contributed by atoms with van der Waals surface area (Å²) < 4.78 is 12.6. The third-order valence-corrected chi connectivity index (χ3v) is 6.66. The Balaban J connectivity index is 1.60. The molecule has 0 saturated carbocycles. The van der Waals surface area contributed by atoms with Crippen molar-refractivity contribution in [3.63, 3.8) is 0 Å². The second-order valence-electron chi connectivity index (χ2n) is 7.42. The van der Waals surface area contributed by atoms with E-state index < -0.39 is 7.14 Å². The molecule has 3 aromatic rings. The summed E-state index contributed by atoms with van der Waals surface area (Å²) in [6.45, 7) is 5.36. The van der Waals surface area contributed by atoms with E-state index >= 15 is 0 Å². The molecule has 4 rings (SSSR count). The van der Waals surface area contributed by atoms with E-state index in [9.17, 15) is 4.57 Å². The maximum Gasteiger partial charge on any atom is 0.229 e. The molecule has 0 atom stereocenters. The summed E-state index contributed by atoms with van der Waals surface area (Å²) in [6, 6.07) is 13.8. The van der Waals surface area contributed by atoms with Crippen molar-refractivity contribution in [2.24, 2.45) is 0 Å². The van der Waals surface area contributed by atoms with Crippen molar-refractivity contribution in [2.45, 2.75) is 13.0 Å². The molecule has 0 amide bonds. The molecule has 1 aromatic heterocycles. The van der Waals surface area contributed by atoms with Crippen LogP contribution in [-0.2, 0) is 17.5 Å². The van der Waals surface area contributed by atoms with Gasteiger partial charge >= 0.3 is 0 Å². The highest BCUT2D eigenvalue weighted by Crippen LogP contribution is 2.38. The lowest BCUT2D eigenvalue weighted by Gasteiger charge is -2.18. The van der Waals surface area contributed by atoms with Gasteiger partial charge in [-0.15, -0.1) is 0 Å². The molecule has 150 valence electrons. The van der Waals surface area contributed by atoms with Crippen LogP contribution in [0.1, 0.15) is 11.1 Å². The Morgan fingerprint density at radius 1 is 1.10 bits per heavy atom. The molecule has 0 spiro atoms. The lowest BCUT2D eigenvalue weighted by atomic mass is 10.0. The van der Waals surface area contributed by atoms with Crippen LogP contribution in [0.4, 0.5) is 23.1 Å². The van der Waals surface area contributed by atoms with Crippen LogP contribution in [0.15, 0.2) is 48.7 Å². The van der Waals surface area contributed by atoms with Crippen LogP contribution in [0.3, 0.4) is 0 Å². The maximum atomic E-state index is 12.6. The Bertz CT molecular complexity index is 1100. The van der Waals surface area contributed by atoms with Gasteiger partial charge in [0.1, 0.15) is 12.2 Å². The Labute approximate surface area is 175 Å². The quantitative estimate of drug-likeness (QED) is 0.520. The molecule has 6 nitrogen and oxygen atoms in total. The molecule has 1 aliphatic rings. The highest BCUT2D eigenvalue weighted by atomic mass is 35.5. The lowest BCUT2D eigenvalue weighted by molar-refractivity contribution is 0.588. The van der Waals surface area contributed by atoms with E-state index in [1.165, 1.54) is 11.1 Å². The number of nitrogens with one attached hydrogen (secondary N) is 3. The first-order valence-electron chi connectivity index (χ1n) is 9.44. The molecule has 0 aliphatic carbocycles. The van der Waals surface area contributed by atoms with Gasteiger partial charge in [0.25, 0.3) is 0 Å². The second kappa shape index (κ2) is 8.15. The van der Waals surface area contributed by atoms with Gasteiger partial charge in [-0.05, 0) is 61.7 Å². The Morgan fingerprint density at radius 2 is 1.93 bits per heavy atom. The van der Waals surface area contributed by atoms with Crippen LogP contribution in [-0.4, -0.2) is 29.8 Å². The van der Waals surface area contributed by atoms with Gasteiger partial charge in [-0.25, -0.2) is 4.98 Å². The Hall–Kier alpha value is -2.40. The normalized spacial score (nSPS) is 13.6. The van der Waals surface area contributed by atoms with Crippen molar-refractivity contribution in [3.8, 4) is 0 Å². The molecule has 29 heavy (non-hydrogen) atoms. The van der Waals surface area contributed by atoms with Crippen molar-refractivity contribution in [1.82, 2.24) is 15.3 Å². The summed E-state index contributed by atoms with van der Waals surface area (Å²) in [7, 11) is -2.46. The predicted octanol–water partition coefficient (Wildman–Crippen LogP) is 4.51. The minimum absolute atomic E-state index is 0.391. The molecule has 0 unspecified atom stereocenters. The number of nitrogens with zero attached hydrogens (tertiary/aromatic N) is 2. The summed E-state index contributed by atoms with van der Waals surface area (Å²) in [6.07, 6.45) is 2.60. The number of halogens is 1. The van der Waals surface area contributed by atoms with E-state index in [1.807, 2.05) is 30.3 Å². The fourth-order valence-electron chi connectivity index (χ4n) is 3.38. The fourth-order valence-corrected chi connectivity index (χ4v) is 4.67. The average Bonchev–Trinajstić information content (AvgIpc) is 2.70. The zero-order chi connectivity index (χ0) is 20.4. The average molecular weight is 428 g/mol. The van der Waals surface area contributed by atoms with Crippen molar-refractivity contribution in [3.05, 3.63) is 64.8 Å². The molecule has 2 aromatic carbocycles. The zero-order valence-corrected chi connectivity index (χ0v) is 18.0. The topological polar surface area (TPSA) is 78.9 Å². The second-order valence-corrected chi connectivity index (χ2v) is 11.0. The molecule has 0 radical (unpaired) electrons. The number of aromatic nitrogens is 2. The van der Waals surface area contributed by atoms with Gasteiger partial charge in [-0.3, -0.25) is 0 Å². The van der Waals surface area contributed by atoms with E-state index in [4.69, 9.17) is 11.6 Å². The molecule has 3 N–H and O–H groups in total. The molecule has 1 aliphatic heterocycles.